The lowest BCUT2D eigenvalue weighted by molar-refractivity contribution is 0.0696. The minimum atomic E-state index is -1.00. The molecule has 0 radical (unpaired) electrons. The monoisotopic (exact) mass is 345 g/mol. The molecule has 0 aliphatic rings. The molecule has 2 aromatic carbocycles. The number of carbonyl (C=O) groups excluding carboxylic acids is 1. The van der Waals surface area contributed by atoms with Crippen LogP contribution in [0.2, 0.25) is 0 Å². The molecule has 0 saturated carbocycles. The quantitative estimate of drug-likeness (QED) is 0.838. The molecule has 0 saturated heterocycles. The molecule has 1 amide bonds. The van der Waals surface area contributed by atoms with Crippen LogP contribution in [0, 0.1) is 0 Å². The van der Waals surface area contributed by atoms with E-state index in [-0.39, 0.29) is 18.0 Å². The molecule has 0 atom stereocenters. The molecular weight excluding hydrogens is 322 g/mol. The van der Waals surface area contributed by atoms with Gasteiger partial charge in [-0.05, 0) is 35.9 Å². The van der Waals surface area contributed by atoms with Crippen LogP contribution in [0.15, 0.2) is 42.5 Å². The van der Waals surface area contributed by atoms with Gasteiger partial charge in [0.2, 0.25) is 0 Å². The zero-order valence-electron chi connectivity index (χ0n) is 14.8. The average Bonchev–Trinajstić information content (AvgIpc) is 2.67. The Kier molecular flexibility index (Phi) is 7.99. The van der Waals surface area contributed by atoms with Gasteiger partial charge in [-0.1, -0.05) is 26.0 Å². The number of nitrogens with one attached hydrogen (secondary N) is 1. The second kappa shape index (κ2) is 9.97. The van der Waals surface area contributed by atoms with Crippen LogP contribution in [0.3, 0.4) is 0 Å². The molecule has 6 heteroatoms. The van der Waals surface area contributed by atoms with Crippen molar-refractivity contribution in [2.45, 2.75) is 20.4 Å². The lowest BCUT2D eigenvalue weighted by Crippen LogP contribution is -2.23. The van der Waals surface area contributed by atoms with Crippen LogP contribution in [0.25, 0.3) is 0 Å². The van der Waals surface area contributed by atoms with Gasteiger partial charge in [-0.3, -0.25) is 4.79 Å². The summed E-state index contributed by atoms with van der Waals surface area (Å²) in [4.78, 5) is 23.1. The Balaban J connectivity index is 0.00000151. The van der Waals surface area contributed by atoms with Gasteiger partial charge in [-0.25, -0.2) is 4.79 Å². The predicted octanol–water partition coefficient (Wildman–Crippen LogP) is 3.36. The van der Waals surface area contributed by atoms with Crippen LogP contribution in [-0.4, -0.2) is 31.2 Å². The molecule has 0 aliphatic heterocycles. The molecule has 0 heterocycles. The molecule has 0 unspecified atom stereocenters. The van der Waals surface area contributed by atoms with Gasteiger partial charge in [0.25, 0.3) is 5.91 Å². The fraction of sp³-hybridized carbons (Fsp3) is 0.263. The van der Waals surface area contributed by atoms with Gasteiger partial charge in [0.05, 0.1) is 19.8 Å². The Morgan fingerprint density at radius 2 is 1.64 bits per heavy atom. The van der Waals surface area contributed by atoms with Crippen molar-refractivity contribution in [3.05, 3.63) is 59.2 Å². The first kappa shape index (κ1) is 20.0. The standard InChI is InChI=1S/C17H17NO5.C2H6/c1-22-14-7-6-12(9-15(14)23-2)16(19)18-10-11-4-3-5-13(8-11)17(20)21;1-2/h3-9H,10H2,1-2H3,(H,18,19)(H,20,21);1-2H3. The fourth-order valence-electron chi connectivity index (χ4n) is 2.08. The molecule has 0 bridgehead atoms. The van der Waals surface area contributed by atoms with Crippen LogP contribution in [0.1, 0.15) is 40.1 Å². The average molecular weight is 345 g/mol. The summed E-state index contributed by atoms with van der Waals surface area (Å²) in [7, 11) is 3.02. The zero-order chi connectivity index (χ0) is 18.8. The molecule has 134 valence electrons. The van der Waals surface area contributed by atoms with Crippen LogP contribution in [0.4, 0.5) is 0 Å². The second-order valence-corrected chi connectivity index (χ2v) is 4.76. The molecule has 0 spiro atoms. The summed E-state index contributed by atoms with van der Waals surface area (Å²) >= 11 is 0. The van der Waals surface area contributed by atoms with E-state index in [1.165, 1.54) is 26.4 Å². The van der Waals surface area contributed by atoms with E-state index in [1.807, 2.05) is 13.8 Å². The van der Waals surface area contributed by atoms with Gasteiger partial charge < -0.3 is 19.9 Å². The fourth-order valence-corrected chi connectivity index (χ4v) is 2.08. The molecule has 25 heavy (non-hydrogen) atoms. The lowest BCUT2D eigenvalue weighted by Gasteiger charge is -2.10. The first-order valence-corrected chi connectivity index (χ1v) is 7.87. The topological polar surface area (TPSA) is 84.9 Å². The highest BCUT2D eigenvalue weighted by Crippen LogP contribution is 2.27. The first-order chi connectivity index (χ1) is 12.0. The normalized spacial score (nSPS) is 9.44. The van der Waals surface area contributed by atoms with E-state index in [4.69, 9.17) is 14.6 Å². The maximum Gasteiger partial charge on any atom is 0.335 e. The molecular formula is C19H23NO5. The minimum absolute atomic E-state index is 0.183. The van der Waals surface area contributed by atoms with Gasteiger partial charge >= 0.3 is 5.97 Å². The largest absolute Gasteiger partial charge is 0.493 e. The van der Waals surface area contributed by atoms with E-state index >= 15 is 0 Å². The number of methoxy groups -OCH3 is 2. The number of carbonyl (C=O) groups is 2. The van der Waals surface area contributed by atoms with Crippen molar-refractivity contribution < 1.29 is 24.2 Å². The number of carboxylic acid groups (broad SMARTS) is 1. The van der Waals surface area contributed by atoms with E-state index < -0.39 is 5.97 Å². The summed E-state index contributed by atoms with van der Waals surface area (Å²) < 4.78 is 10.3. The van der Waals surface area contributed by atoms with Crippen molar-refractivity contribution in [2.75, 3.05) is 14.2 Å². The highest BCUT2D eigenvalue weighted by Gasteiger charge is 2.11. The van der Waals surface area contributed by atoms with Crippen molar-refractivity contribution in [2.24, 2.45) is 0 Å². The number of rotatable bonds is 6. The number of benzene rings is 2. The third-order valence-electron chi connectivity index (χ3n) is 3.27. The second-order valence-electron chi connectivity index (χ2n) is 4.76. The van der Waals surface area contributed by atoms with Crippen molar-refractivity contribution in [1.82, 2.24) is 5.32 Å². The Labute approximate surface area is 147 Å². The van der Waals surface area contributed by atoms with E-state index in [0.29, 0.717) is 22.6 Å². The summed E-state index contributed by atoms with van der Waals surface area (Å²) in [5, 5.41) is 11.7. The van der Waals surface area contributed by atoms with Gasteiger partial charge in [0, 0.05) is 12.1 Å². The Morgan fingerprint density at radius 1 is 0.960 bits per heavy atom. The summed E-state index contributed by atoms with van der Waals surface area (Å²) in [5.74, 6) is -0.281. The van der Waals surface area contributed by atoms with Crippen LogP contribution in [-0.2, 0) is 6.54 Å². The summed E-state index contributed by atoms with van der Waals surface area (Å²) in [6.45, 7) is 4.23. The number of hydrogen-bond acceptors (Lipinski definition) is 4. The van der Waals surface area contributed by atoms with Crippen LogP contribution >= 0.6 is 0 Å². The summed E-state index contributed by atoms with van der Waals surface area (Å²) in [6, 6.07) is 11.3. The van der Waals surface area contributed by atoms with Gasteiger partial charge in [0.15, 0.2) is 11.5 Å². The predicted molar refractivity (Wildman–Crippen MR) is 95.5 cm³/mol. The smallest absolute Gasteiger partial charge is 0.335 e. The van der Waals surface area contributed by atoms with Crippen molar-refractivity contribution >= 4 is 11.9 Å². The van der Waals surface area contributed by atoms with Gasteiger partial charge in [-0.2, -0.15) is 0 Å². The van der Waals surface area contributed by atoms with Gasteiger partial charge in [0.1, 0.15) is 0 Å². The Morgan fingerprint density at radius 3 is 2.24 bits per heavy atom. The molecule has 2 N–H and O–H groups in total. The third kappa shape index (κ3) is 5.53. The highest BCUT2D eigenvalue weighted by atomic mass is 16.5. The third-order valence-corrected chi connectivity index (χ3v) is 3.27. The molecule has 0 fully saturated rings. The SMILES string of the molecule is CC.COc1ccc(C(=O)NCc2cccc(C(=O)O)c2)cc1OC. The lowest BCUT2D eigenvalue weighted by atomic mass is 10.1. The molecule has 2 rings (SSSR count). The Bertz CT molecular complexity index is 728. The number of hydrogen-bond donors (Lipinski definition) is 2. The van der Waals surface area contributed by atoms with E-state index in [0.717, 1.165) is 0 Å². The van der Waals surface area contributed by atoms with E-state index in [1.54, 1.807) is 30.3 Å². The van der Waals surface area contributed by atoms with Gasteiger partial charge in [-0.15, -0.1) is 0 Å². The number of amides is 1. The number of ether oxygens (including phenoxy) is 2. The molecule has 0 aliphatic carbocycles. The molecule has 2 aromatic rings. The van der Waals surface area contributed by atoms with Crippen molar-refractivity contribution in [3.63, 3.8) is 0 Å². The highest BCUT2D eigenvalue weighted by molar-refractivity contribution is 5.95. The minimum Gasteiger partial charge on any atom is -0.493 e. The van der Waals surface area contributed by atoms with Crippen LogP contribution in [0.5, 0.6) is 11.5 Å². The summed E-state index contributed by atoms with van der Waals surface area (Å²) in [6.07, 6.45) is 0. The zero-order valence-corrected chi connectivity index (χ0v) is 14.8. The summed E-state index contributed by atoms with van der Waals surface area (Å²) in [5.41, 5.74) is 1.32. The van der Waals surface area contributed by atoms with Crippen molar-refractivity contribution in [1.29, 1.82) is 0 Å². The van der Waals surface area contributed by atoms with E-state index in [2.05, 4.69) is 5.32 Å². The van der Waals surface area contributed by atoms with Crippen LogP contribution < -0.4 is 14.8 Å². The molecule has 0 aromatic heterocycles. The number of carboxylic acids is 1. The van der Waals surface area contributed by atoms with E-state index in [9.17, 15) is 9.59 Å². The maximum absolute atomic E-state index is 12.2. The Hall–Kier alpha value is -3.02. The maximum atomic E-state index is 12.2. The number of aromatic carboxylic acids is 1. The first-order valence-electron chi connectivity index (χ1n) is 7.87. The van der Waals surface area contributed by atoms with Crippen molar-refractivity contribution in [3.8, 4) is 11.5 Å². The molecule has 6 nitrogen and oxygen atoms in total.